The van der Waals surface area contributed by atoms with E-state index in [0.29, 0.717) is 53.9 Å². The third-order valence-electron chi connectivity index (χ3n) is 5.52. The molecule has 5 heterocycles. The summed E-state index contributed by atoms with van der Waals surface area (Å²) in [4.78, 5) is 14.7. The lowest BCUT2D eigenvalue weighted by atomic mass is 10.2. The van der Waals surface area contributed by atoms with Crippen LogP contribution in [0.1, 0.15) is 12.2 Å². The molecular formula is C19H17BrFN9O. The van der Waals surface area contributed by atoms with Crippen LogP contribution in [0.5, 0.6) is 0 Å². The fourth-order valence-corrected chi connectivity index (χ4v) is 4.38. The van der Waals surface area contributed by atoms with Gasteiger partial charge in [-0.3, -0.25) is 0 Å². The number of aromatic amines is 1. The molecule has 1 aromatic carbocycles. The summed E-state index contributed by atoms with van der Waals surface area (Å²) in [6.45, 7) is 1.81. The van der Waals surface area contributed by atoms with E-state index in [0.717, 1.165) is 17.4 Å². The molecule has 2 aliphatic heterocycles. The quantitative estimate of drug-likeness (QED) is 0.443. The lowest BCUT2D eigenvalue weighted by Gasteiger charge is -2.27. The summed E-state index contributed by atoms with van der Waals surface area (Å²) in [5.41, 5.74) is 1.31. The van der Waals surface area contributed by atoms with Gasteiger partial charge in [0.2, 0.25) is 11.9 Å². The number of aromatic nitrogens is 7. The van der Waals surface area contributed by atoms with Crippen LogP contribution in [-0.2, 0) is 11.3 Å². The molecule has 0 aliphatic carbocycles. The van der Waals surface area contributed by atoms with E-state index in [9.17, 15) is 4.39 Å². The highest BCUT2D eigenvalue weighted by Gasteiger charge is 2.40. The summed E-state index contributed by atoms with van der Waals surface area (Å²) in [6.07, 6.45) is 2.93. The van der Waals surface area contributed by atoms with E-state index in [4.69, 9.17) is 14.7 Å². The van der Waals surface area contributed by atoms with Gasteiger partial charge in [0.25, 0.3) is 0 Å². The number of rotatable bonds is 5. The van der Waals surface area contributed by atoms with Gasteiger partial charge in [-0.1, -0.05) is 12.1 Å². The van der Waals surface area contributed by atoms with Gasteiger partial charge in [0.15, 0.2) is 11.5 Å². The first kappa shape index (κ1) is 18.6. The molecule has 0 unspecified atom stereocenters. The summed E-state index contributed by atoms with van der Waals surface area (Å²) in [5.74, 6) is 1.95. The normalized spacial score (nSPS) is 20.1. The molecule has 0 spiro atoms. The molecule has 12 heteroatoms. The van der Waals surface area contributed by atoms with Gasteiger partial charge in [0, 0.05) is 12.1 Å². The van der Waals surface area contributed by atoms with Gasteiger partial charge >= 0.3 is 0 Å². The van der Waals surface area contributed by atoms with E-state index in [1.54, 1.807) is 22.8 Å². The number of halogens is 2. The van der Waals surface area contributed by atoms with E-state index < -0.39 is 0 Å². The number of hydrogen-bond donors (Lipinski definition) is 2. The molecule has 158 valence electrons. The van der Waals surface area contributed by atoms with Crippen molar-refractivity contribution in [2.75, 3.05) is 23.4 Å². The van der Waals surface area contributed by atoms with Gasteiger partial charge < -0.3 is 19.9 Å². The van der Waals surface area contributed by atoms with Crippen molar-refractivity contribution >= 4 is 33.5 Å². The summed E-state index contributed by atoms with van der Waals surface area (Å²) in [7, 11) is 0. The molecule has 2 atom stereocenters. The number of ether oxygens (including phenoxy) is 1. The fraction of sp³-hybridized carbons (Fsp3) is 0.316. The van der Waals surface area contributed by atoms with Crippen molar-refractivity contribution < 1.29 is 9.13 Å². The predicted molar refractivity (Wildman–Crippen MR) is 113 cm³/mol. The molecule has 2 aliphatic rings. The first-order valence-corrected chi connectivity index (χ1v) is 10.6. The summed E-state index contributed by atoms with van der Waals surface area (Å²) in [5, 5.41) is 15.9. The van der Waals surface area contributed by atoms with Crippen LogP contribution >= 0.6 is 15.9 Å². The molecule has 4 aromatic rings. The van der Waals surface area contributed by atoms with Gasteiger partial charge in [-0.2, -0.15) is 19.6 Å². The SMILES string of the molecule is Fc1cccc(-c2nnc(CNc3nc(N4C[C@H]5C[C@@H]4CO5)nc4c(Br)cnn34)[nH]2)c1. The van der Waals surface area contributed by atoms with Crippen molar-refractivity contribution in [2.24, 2.45) is 0 Å². The largest absolute Gasteiger partial charge is 0.374 e. The first-order valence-electron chi connectivity index (χ1n) is 9.85. The monoisotopic (exact) mass is 485 g/mol. The number of H-pyrrole nitrogens is 1. The van der Waals surface area contributed by atoms with Crippen molar-refractivity contribution in [3.05, 3.63) is 46.6 Å². The van der Waals surface area contributed by atoms with Crippen LogP contribution < -0.4 is 10.2 Å². The maximum Gasteiger partial charge on any atom is 0.231 e. The van der Waals surface area contributed by atoms with E-state index >= 15 is 0 Å². The number of nitrogens with zero attached hydrogens (tertiary/aromatic N) is 7. The Labute approximate surface area is 184 Å². The molecule has 0 amide bonds. The minimum absolute atomic E-state index is 0.241. The molecule has 6 rings (SSSR count). The Morgan fingerprint density at radius 3 is 3.03 bits per heavy atom. The fourth-order valence-electron chi connectivity index (χ4n) is 4.03. The van der Waals surface area contributed by atoms with Gasteiger partial charge in [0.1, 0.15) is 11.6 Å². The number of morpholine rings is 1. The van der Waals surface area contributed by atoms with Crippen molar-refractivity contribution in [1.29, 1.82) is 0 Å². The predicted octanol–water partition coefficient (Wildman–Crippen LogP) is 2.40. The molecule has 3 aromatic heterocycles. The maximum atomic E-state index is 13.5. The average molecular weight is 486 g/mol. The van der Waals surface area contributed by atoms with Crippen molar-refractivity contribution in [1.82, 2.24) is 34.8 Å². The van der Waals surface area contributed by atoms with Crippen LogP contribution in [-0.4, -0.2) is 60.1 Å². The molecule has 0 radical (unpaired) electrons. The maximum absolute atomic E-state index is 13.5. The van der Waals surface area contributed by atoms with E-state index in [1.165, 1.54) is 12.1 Å². The lowest BCUT2D eigenvalue weighted by Crippen LogP contribution is -2.38. The molecule has 2 saturated heterocycles. The molecular weight excluding hydrogens is 469 g/mol. The Balaban J connectivity index is 1.27. The lowest BCUT2D eigenvalue weighted by molar-refractivity contribution is 0.0986. The molecule has 2 N–H and O–H groups in total. The second-order valence-electron chi connectivity index (χ2n) is 7.56. The Kier molecular flexibility index (Phi) is 4.35. The third-order valence-corrected chi connectivity index (χ3v) is 6.08. The van der Waals surface area contributed by atoms with Gasteiger partial charge in [-0.15, -0.1) is 10.2 Å². The molecule has 2 fully saturated rings. The molecule has 31 heavy (non-hydrogen) atoms. The number of fused-ring (bicyclic) bond motifs is 3. The van der Waals surface area contributed by atoms with Crippen LogP contribution in [0.25, 0.3) is 17.0 Å². The summed E-state index contributed by atoms with van der Waals surface area (Å²) < 4.78 is 21.6. The highest BCUT2D eigenvalue weighted by molar-refractivity contribution is 9.10. The van der Waals surface area contributed by atoms with Gasteiger partial charge in [-0.25, -0.2) is 4.39 Å². The number of anilines is 2. The van der Waals surface area contributed by atoms with Crippen molar-refractivity contribution in [2.45, 2.75) is 25.1 Å². The zero-order chi connectivity index (χ0) is 20.9. The smallest absolute Gasteiger partial charge is 0.231 e. The molecule has 0 saturated carbocycles. The molecule has 2 bridgehead atoms. The number of nitrogens with one attached hydrogen (secondary N) is 2. The van der Waals surface area contributed by atoms with Crippen molar-refractivity contribution in [3.8, 4) is 11.4 Å². The summed E-state index contributed by atoms with van der Waals surface area (Å²) >= 11 is 3.51. The Morgan fingerprint density at radius 1 is 1.29 bits per heavy atom. The minimum atomic E-state index is -0.324. The van der Waals surface area contributed by atoms with Gasteiger partial charge in [0.05, 0.1) is 36.0 Å². The van der Waals surface area contributed by atoms with E-state index in [-0.39, 0.29) is 11.9 Å². The topological polar surface area (TPSA) is 109 Å². The molecule has 10 nitrogen and oxygen atoms in total. The Bertz CT molecular complexity index is 1270. The highest BCUT2D eigenvalue weighted by Crippen LogP contribution is 2.32. The Morgan fingerprint density at radius 2 is 2.23 bits per heavy atom. The van der Waals surface area contributed by atoms with Crippen LogP contribution in [0, 0.1) is 5.82 Å². The Hall–Kier alpha value is -3.12. The summed E-state index contributed by atoms with van der Waals surface area (Å²) in [6, 6.07) is 6.50. The third kappa shape index (κ3) is 3.31. The van der Waals surface area contributed by atoms with E-state index in [1.807, 2.05) is 0 Å². The van der Waals surface area contributed by atoms with E-state index in [2.05, 4.69) is 46.4 Å². The second-order valence-corrected chi connectivity index (χ2v) is 8.41. The number of benzene rings is 1. The van der Waals surface area contributed by atoms with Crippen molar-refractivity contribution in [3.63, 3.8) is 0 Å². The zero-order valence-corrected chi connectivity index (χ0v) is 17.8. The van der Waals surface area contributed by atoms with Crippen LogP contribution in [0.2, 0.25) is 0 Å². The second kappa shape index (κ2) is 7.24. The standard InChI is InChI=1S/C19H17BrFN9O/c20-14-6-23-30-17(14)25-19(29-8-13-5-12(29)9-31-13)26-18(30)22-7-15-24-16(28-27-15)10-2-1-3-11(21)4-10/h1-4,6,12-13H,5,7-9H2,(H,22,25,26)(H,24,27,28)/t12-,13-/m1/s1. The minimum Gasteiger partial charge on any atom is -0.374 e. The average Bonchev–Trinajstić information content (AvgIpc) is 3.57. The van der Waals surface area contributed by atoms with Crippen LogP contribution in [0.4, 0.5) is 16.3 Å². The van der Waals surface area contributed by atoms with Crippen LogP contribution in [0.3, 0.4) is 0 Å². The highest BCUT2D eigenvalue weighted by atomic mass is 79.9. The van der Waals surface area contributed by atoms with Gasteiger partial charge in [-0.05, 0) is 34.5 Å². The zero-order valence-electron chi connectivity index (χ0n) is 16.2. The number of hydrogen-bond acceptors (Lipinski definition) is 8. The van der Waals surface area contributed by atoms with Crippen LogP contribution in [0.15, 0.2) is 34.9 Å². The first-order chi connectivity index (χ1) is 15.1.